The Kier molecular flexibility index (Phi) is 2.33. The van der Waals surface area contributed by atoms with Crippen molar-refractivity contribution in [2.45, 2.75) is 26.2 Å². The molecule has 0 bridgehead atoms. The Hall–Kier alpha value is -1.43. The van der Waals surface area contributed by atoms with Gasteiger partial charge in [-0.15, -0.1) is 4.98 Å². The van der Waals surface area contributed by atoms with Crippen molar-refractivity contribution in [1.82, 2.24) is 4.98 Å². The van der Waals surface area contributed by atoms with Gasteiger partial charge in [-0.05, 0) is 17.0 Å². The third-order valence-corrected chi connectivity index (χ3v) is 1.75. The molecule has 0 amide bonds. The van der Waals surface area contributed by atoms with E-state index in [4.69, 9.17) is 6.57 Å². The van der Waals surface area contributed by atoms with E-state index in [1.165, 1.54) is 6.07 Å². The third-order valence-electron chi connectivity index (χ3n) is 1.75. The SMILES string of the molecule is [C-]#[N+]c1ncc(F)cc1C(C)(C)C. The second-order valence-electron chi connectivity index (χ2n) is 3.89. The average molecular weight is 178 g/mol. The van der Waals surface area contributed by atoms with Crippen LogP contribution in [0.2, 0.25) is 0 Å². The van der Waals surface area contributed by atoms with Crippen LogP contribution in [0.4, 0.5) is 10.2 Å². The summed E-state index contributed by atoms with van der Waals surface area (Å²) in [6, 6.07) is 1.38. The molecule has 0 atom stereocenters. The highest BCUT2D eigenvalue weighted by Gasteiger charge is 2.19. The lowest BCUT2D eigenvalue weighted by Gasteiger charge is -2.19. The van der Waals surface area contributed by atoms with Gasteiger partial charge in [0.25, 0.3) is 5.82 Å². The van der Waals surface area contributed by atoms with Crippen LogP contribution in [-0.2, 0) is 5.41 Å². The fourth-order valence-electron chi connectivity index (χ4n) is 1.07. The fourth-order valence-corrected chi connectivity index (χ4v) is 1.07. The zero-order chi connectivity index (χ0) is 10.1. The molecule has 2 nitrogen and oxygen atoms in total. The van der Waals surface area contributed by atoms with E-state index >= 15 is 0 Å². The highest BCUT2D eigenvalue weighted by atomic mass is 19.1. The summed E-state index contributed by atoms with van der Waals surface area (Å²) in [6.45, 7) is 12.7. The van der Waals surface area contributed by atoms with Gasteiger partial charge >= 0.3 is 0 Å². The van der Waals surface area contributed by atoms with E-state index in [-0.39, 0.29) is 11.2 Å². The van der Waals surface area contributed by atoms with E-state index in [0.717, 1.165) is 6.20 Å². The van der Waals surface area contributed by atoms with Gasteiger partial charge in [0.15, 0.2) is 12.0 Å². The Balaban J connectivity index is 3.35. The average Bonchev–Trinajstić information content (AvgIpc) is 2.03. The second-order valence-corrected chi connectivity index (χ2v) is 3.89. The fraction of sp³-hybridized carbons (Fsp3) is 0.400. The van der Waals surface area contributed by atoms with E-state index in [9.17, 15) is 4.39 Å². The van der Waals surface area contributed by atoms with E-state index < -0.39 is 5.82 Å². The minimum atomic E-state index is -0.391. The lowest BCUT2D eigenvalue weighted by atomic mass is 9.87. The van der Waals surface area contributed by atoms with Crippen molar-refractivity contribution in [2.75, 3.05) is 0 Å². The smallest absolute Gasteiger partial charge is 0.273 e. The summed E-state index contributed by atoms with van der Waals surface area (Å²) in [5.41, 5.74) is 0.414. The largest absolute Gasteiger partial charge is 0.360 e. The van der Waals surface area contributed by atoms with Gasteiger partial charge < -0.3 is 4.85 Å². The Morgan fingerprint density at radius 3 is 2.54 bits per heavy atom. The van der Waals surface area contributed by atoms with Crippen molar-refractivity contribution in [3.8, 4) is 0 Å². The molecular formula is C10H11FN2. The van der Waals surface area contributed by atoms with Crippen LogP contribution in [0.5, 0.6) is 0 Å². The summed E-state index contributed by atoms with van der Waals surface area (Å²) >= 11 is 0. The highest BCUT2D eigenvalue weighted by molar-refractivity contribution is 5.48. The van der Waals surface area contributed by atoms with Crippen molar-refractivity contribution >= 4 is 5.82 Å². The van der Waals surface area contributed by atoms with Crippen molar-refractivity contribution in [3.63, 3.8) is 0 Å². The molecule has 0 aliphatic rings. The summed E-state index contributed by atoms with van der Waals surface area (Å²) in [7, 11) is 0. The zero-order valence-electron chi connectivity index (χ0n) is 7.93. The van der Waals surface area contributed by atoms with Crippen LogP contribution in [0, 0.1) is 12.4 Å². The molecule has 3 heteroatoms. The highest BCUT2D eigenvalue weighted by Crippen LogP contribution is 2.29. The Morgan fingerprint density at radius 1 is 1.46 bits per heavy atom. The molecular weight excluding hydrogens is 167 g/mol. The van der Waals surface area contributed by atoms with Gasteiger partial charge in [0.05, 0.1) is 0 Å². The summed E-state index contributed by atoms with van der Waals surface area (Å²) in [5, 5.41) is 0. The van der Waals surface area contributed by atoms with Crippen LogP contribution < -0.4 is 0 Å². The van der Waals surface area contributed by atoms with Crippen molar-refractivity contribution in [3.05, 3.63) is 35.1 Å². The predicted octanol–water partition coefficient (Wildman–Crippen LogP) is 3.07. The van der Waals surface area contributed by atoms with Gasteiger partial charge in [-0.3, -0.25) is 0 Å². The number of halogens is 1. The lowest BCUT2D eigenvalue weighted by Crippen LogP contribution is -2.12. The van der Waals surface area contributed by atoms with Crippen molar-refractivity contribution in [1.29, 1.82) is 0 Å². The van der Waals surface area contributed by atoms with Gasteiger partial charge in [-0.1, -0.05) is 27.3 Å². The third kappa shape index (κ3) is 2.03. The van der Waals surface area contributed by atoms with Crippen LogP contribution in [0.3, 0.4) is 0 Å². The Labute approximate surface area is 77.2 Å². The Bertz CT molecular complexity index is 358. The molecule has 1 rings (SSSR count). The summed E-state index contributed by atoms with van der Waals surface area (Å²) in [5.74, 6) is -0.105. The molecule has 0 unspecified atom stereocenters. The second kappa shape index (κ2) is 3.14. The van der Waals surface area contributed by atoms with Crippen molar-refractivity contribution in [2.24, 2.45) is 0 Å². The summed E-state index contributed by atoms with van der Waals surface area (Å²) in [6.07, 6.45) is 1.07. The minimum Gasteiger partial charge on any atom is -0.360 e. The molecule has 68 valence electrons. The van der Waals surface area contributed by atoms with Gasteiger partial charge in [0, 0.05) is 0 Å². The molecule has 0 spiro atoms. The molecule has 0 saturated carbocycles. The number of hydrogen-bond acceptors (Lipinski definition) is 1. The van der Waals surface area contributed by atoms with Crippen molar-refractivity contribution < 1.29 is 4.39 Å². The monoisotopic (exact) mass is 178 g/mol. The number of hydrogen-bond donors (Lipinski definition) is 0. The molecule has 0 aliphatic heterocycles. The maximum absolute atomic E-state index is 12.8. The molecule has 1 aromatic rings. The molecule has 0 aliphatic carbocycles. The molecule has 0 N–H and O–H groups in total. The first kappa shape index (κ1) is 9.66. The van der Waals surface area contributed by atoms with E-state index in [1.807, 2.05) is 20.8 Å². The maximum atomic E-state index is 12.8. The van der Waals surface area contributed by atoms with Gasteiger partial charge in [0.2, 0.25) is 0 Å². The topological polar surface area (TPSA) is 17.2 Å². The summed E-state index contributed by atoms with van der Waals surface area (Å²) in [4.78, 5) is 6.98. The first-order valence-electron chi connectivity index (χ1n) is 3.98. The van der Waals surface area contributed by atoms with Crippen LogP contribution in [0.25, 0.3) is 4.85 Å². The number of aromatic nitrogens is 1. The molecule has 13 heavy (non-hydrogen) atoms. The number of rotatable bonds is 0. The minimum absolute atomic E-state index is 0.241. The molecule has 0 aromatic carbocycles. The molecule has 1 heterocycles. The van der Waals surface area contributed by atoms with Crippen LogP contribution in [0.1, 0.15) is 26.3 Å². The number of nitrogens with zero attached hydrogens (tertiary/aromatic N) is 2. The Morgan fingerprint density at radius 2 is 2.08 bits per heavy atom. The van der Waals surface area contributed by atoms with Crippen LogP contribution >= 0.6 is 0 Å². The maximum Gasteiger partial charge on any atom is 0.273 e. The van der Waals surface area contributed by atoms with E-state index in [0.29, 0.717) is 5.56 Å². The molecule has 1 aromatic heterocycles. The zero-order valence-corrected chi connectivity index (χ0v) is 7.93. The molecule has 0 saturated heterocycles. The number of pyridine rings is 1. The van der Waals surface area contributed by atoms with Gasteiger partial charge in [0.1, 0.15) is 0 Å². The van der Waals surface area contributed by atoms with Gasteiger partial charge in [-0.25, -0.2) is 4.39 Å². The van der Waals surface area contributed by atoms with E-state index in [2.05, 4.69) is 9.83 Å². The van der Waals surface area contributed by atoms with Gasteiger partial charge in [-0.2, -0.15) is 0 Å². The quantitative estimate of drug-likeness (QED) is 0.558. The molecule has 0 radical (unpaired) electrons. The first-order valence-corrected chi connectivity index (χ1v) is 3.98. The predicted molar refractivity (Wildman–Crippen MR) is 49.2 cm³/mol. The first-order chi connectivity index (χ1) is 5.95. The van der Waals surface area contributed by atoms with E-state index in [1.54, 1.807) is 0 Å². The lowest BCUT2D eigenvalue weighted by molar-refractivity contribution is 0.569. The van der Waals surface area contributed by atoms with Crippen LogP contribution in [-0.4, -0.2) is 4.98 Å². The molecule has 0 fully saturated rings. The van der Waals surface area contributed by atoms with Crippen LogP contribution in [0.15, 0.2) is 12.3 Å². The standard InChI is InChI=1S/C10H11FN2/c1-10(2,3)8-5-7(11)6-13-9(8)12-4/h5-6H,1-3H3. The summed E-state index contributed by atoms with van der Waals surface area (Å²) < 4.78 is 12.8. The normalized spacial score (nSPS) is 11.0.